The van der Waals surface area contributed by atoms with Crippen LogP contribution in [0.3, 0.4) is 0 Å². The van der Waals surface area contributed by atoms with E-state index in [4.69, 9.17) is 22.1 Å². The Morgan fingerprint density at radius 3 is 2.81 bits per heavy atom. The van der Waals surface area contributed by atoms with Gasteiger partial charge in [-0.15, -0.1) is 0 Å². The van der Waals surface area contributed by atoms with Crippen LogP contribution in [-0.2, 0) is 13.7 Å². The number of aromatic nitrogens is 2. The van der Waals surface area contributed by atoms with E-state index in [1.807, 2.05) is 18.2 Å². The number of rotatable bonds is 3. The first kappa shape index (κ1) is 10.8. The van der Waals surface area contributed by atoms with Gasteiger partial charge in [0.25, 0.3) is 0 Å². The maximum Gasteiger partial charge on any atom is 0.138 e. The van der Waals surface area contributed by atoms with Crippen LogP contribution in [0.15, 0.2) is 30.3 Å². The first-order valence-corrected chi connectivity index (χ1v) is 5.20. The monoisotopic (exact) mass is 237 g/mol. The van der Waals surface area contributed by atoms with Gasteiger partial charge in [-0.1, -0.05) is 23.7 Å². The van der Waals surface area contributed by atoms with Gasteiger partial charge in [0.05, 0.1) is 5.02 Å². The van der Waals surface area contributed by atoms with Gasteiger partial charge in [-0.3, -0.25) is 4.68 Å². The average molecular weight is 238 g/mol. The van der Waals surface area contributed by atoms with Crippen molar-refractivity contribution in [2.45, 2.75) is 6.61 Å². The van der Waals surface area contributed by atoms with Gasteiger partial charge in [0.1, 0.15) is 23.9 Å². The molecule has 0 saturated carbocycles. The largest absolute Gasteiger partial charge is 0.486 e. The summed E-state index contributed by atoms with van der Waals surface area (Å²) in [5.41, 5.74) is 6.44. The van der Waals surface area contributed by atoms with E-state index < -0.39 is 0 Å². The molecule has 0 aliphatic carbocycles. The number of halogens is 1. The Hall–Kier alpha value is -1.68. The van der Waals surface area contributed by atoms with Crippen molar-refractivity contribution in [3.05, 3.63) is 41.0 Å². The van der Waals surface area contributed by atoms with E-state index in [-0.39, 0.29) is 0 Å². The van der Waals surface area contributed by atoms with Crippen molar-refractivity contribution in [1.29, 1.82) is 0 Å². The van der Waals surface area contributed by atoms with Crippen LogP contribution >= 0.6 is 11.6 Å². The third-order valence-corrected chi connectivity index (χ3v) is 2.49. The van der Waals surface area contributed by atoms with Crippen LogP contribution in [0.2, 0.25) is 5.02 Å². The highest BCUT2D eigenvalue weighted by Crippen LogP contribution is 2.23. The lowest BCUT2D eigenvalue weighted by Gasteiger charge is -2.05. The molecule has 1 aromatic heterocycles. The van der Waals surface area contributed by atoms with E-state index in [0.717, 1.165) is 5.69 Å². The maximum atomic E-state index is 5.95. The van der Waals surface area contributed by atoms with Crippen LogP contribution in [0.1, 0.15) is 5.69 Å². The first-order valence-electron chi connectivity index (χ1n) is 4.82. The van der Waals surface area contributed by atoms with Gasteiger partial charge in [-0.2, -0.15) is 5.10 Å². The number of aryl methyl sites for hydroxylation is 1. The fraction of sp³-hybridized carbons (Fsp3) is 0.182. The standard InChI is InChI=1S/C11H12ClN3O/c1-15-11(13)6-8(14-15)7-16-10-5-3-2-4-9(10)12/h2-6H,7,13H2,1H3. The summed E-state index contributed by atoms with van der Waals surface area (Å²) in [6.45, 7) is 0.356. The van der Waals surface area contributed by atoms with Crippen molar-refractivity contribution < 1.29 is 4.74 Å². The second-order valence-electron chi connectivity index (χ2n) is 3.40. The second-order valence-corrected chi connectivity index (χ2v) is 3.81. The van der Waals surface area contributed by atoms with Crippen LogP contribution in [0.25, 0.3) is 0 Å². The Morgan fingerprint density at radius 2 is 2.19 bits per heavy atom. The van der Waals surface area contributed by atoms with Gasteiger partial charge < -0.3 is 10.5 Å². The number of hydrogen-bond donors (Lipinski definition) is 1. The number of nitrogens with zero attached hydrogens (tertiary/aromatic N) is 2. The molecule has 0 unspecified atom stereocenters. The molecule has 4 nitrogen and oxygen atoms in total. The molecule has 2 aromatic rings. The Balaban J connectivity index is 2.05. The first-order chi connectivity index (χ1) is 7.66. The van der Waals surface area contributed by atoms with Crippen molar-refractivity contribution >= 4 is 17.4 Å². The molecule has 0 aliphatic heterocycles. The third-order valence-electron chi connectivity index (χ3n) is 2.18. The van der Waals surface area contributed by atoms with Gasteiger partial charge in [-0.25, -0.2) is 0 Å². The van der Waals surface area contributed by atoms with Crippen molar-refractivity contribution in [2.24, 2.45) is 7.05 Å². The molecule has 16 heavy (non-hydrogen) atoms. The van der Waals surface area contributed by atoms with E-state index in [2.05, 4.69) is 5.10 Å². The smallest absolute Gasteiger partial charge is 0.138 e. The molecule has 5 heteroatoms. The molecule has 0 bridgehead atoms. The fourth-order valence-electron chi connectivity index (χ4n) is 1.33. The normalized spacial score (nSPS) is 10.4. The zero-order valence-corrected chi connectivity index (χ0v) is 9.61. The summed E-state index contributed by atoms with van der Waals surface area (Å²) < 4.78 is 7.13. The zero-order chi connectivity index (χ0) is 11.5. The summed E-state index contributed by atoms with van der Waals surface area (Å²) in [7, 11) is 1.79. The number of para-hydroxylation sites is 1. The third kappa shape index (κ3) is 2.28. The van der Waals surface area contributed by atoms with Crippen LogP contribution in [0.5, 0.6) is 5.75 Å². The Morgan fingerprint density at radius 1 is 1.44 bits per heavy atom. The molecule has 0 atom stereocenters. The Kier molecular flexibility index (Phi) is 3.01. The zero-order valence-electron chi connectivity index (χ0n) is 8.85. The number of hydrogen-bond acceptors (Lipinski definition) is 3. The molecule has 0 aliphatic rings. The van der Waals surface area contributed by atoms with Gasteiger partial charge in [0, 0.05) is 13.1 Å². The lowest BCUT2D eigenvalue weighted by atomic mass is 10.3. The number of nitrogen functional groups attached to an aromatic ring is 1. The molecule has 0 amide bonds. The molecular weight excluding hydrogens is 226 g/mol. The van der Waals surface area contributed by atoms with Crippen molar-refractivity contribution in [1.82, 2.24) is 9.78 Å². The van der Waals surface area contributed by atoms with Gasteiger partial charge in [-0.05, 0) is 12.1 Å². The van der Waals surface area contributed by atoms with E-state index in [1.54, 1.807) is 23.9 Å². The minimum Gasteiger partial charge on any atom is -0.486 e. The molecule has 1 heterocycles. The summed E-state index contributed by atoms with van der Waals surface area (Å²) >= 11 is 5.95. The SMILES string of the molecule is Cn1nc(COc2ccccc2Cl)cc1N. The van der Waals surface area contributed by atoms with Gasteiger partial charge >= 0.3 is 0 Å². The van der Waals surface area contributed by atoms with E-state index in [1.165, 1.54) is 0 Å². The summed E-state index contributed by atoms with van der Waals surface area (Å²) in [5, 5.41) is 4.77. The number of ether oxygens (including phenoxy) is 1. The predicted octanol–water partition coefficient (Wildman–Crippen LogP) is 2.23. The highest BCUT2D eigenvalue weighted by atomic mass is 35.5. The van der Waals surface area contributed by atoms with Crippen LogP contribution in [0.4, 0.5) is 5.82 Å². The van der Waals surface area contributed by atoms with Crippen LogP contribution in [0, 0.1) is 0 Å². The van der Waals surface area contributed by atoms with Crippen molar-refractivity contribution in [3.63, 3.8) is 0 Å². The Labute approximate surface area is 98.6 Å². The summed E-state index contributed by atoms with van der Waals surface area (Å²) in [6, 6.07) is 9.09. The minimum atomic E-state index is 0.356. The highest BCUT2D eigenvalue weighted by molar-refractivity contribution is 6.32. The molecule has 2 N–H and O–H groups in total. The number of anilines is 1. The molecule has 0 fully saturated rings. The van der Waals surface area contributed by atoms with E-state index >= 15 is 0 Å². The van der Waals surface area contributed by atoms with Crippen molar-refractivity contribution in [3.8, 4) is 5.75 Å². The van der Waals surface area contributed by atoms with E-state index in [0.29, 0.717) is 23.2 Å². The molecule has 0 radical (unpaired) electrons. The average Bonchev–Trinajstić information content (AvgIpc) is 2.57. The molecule has 84 valence electrons. The minimum absolute atomic E-state index is 0.356. The topological polar surface area (TPSA) is 53.1 Å². The molecule has 2 rings (SSSR count). The molecular formula is C11H12ClN3O. The lowest BCUT2D eigenvalue weighted by Crippen LogP contribution is -1.99. The fourth-order valence-corrected chi connectivity index (χ4v) is 1.52. The molecule has 0 spiro atoms. The number of benzene rings is 1. The Bertz CT molecular complexity index is 476. The van der Waals surface area contributed by atoms with Crippen LogP contribution < -0.4 is 10.5 Å². The van der Waals surface area contributed by atoms with Crippen molar-refractivity contribution in [2.75, 3.05) is 5.73 Å². The van der Waals surface area contributed by atoms with Gasteiger partial charge in [0.2, 0.25) is 0 Å². The predicted molar refractivity (Wildman–Crippen MR) is 63.4 cm³/mol. The molecule has 0 saturated heterocycles. The number of nitrogens with two attached hydrogens (primary N) is 1. The highest BCUT2D eigenvalue weighted by Gasteiger charge is 2.04. The van der Waals surface area contributed by atoms with Crippen LogP contribution in [-0.4, -0.2) is 9.78 Å². The summed E-state index contributed by atoms with van der Waals surface area (Å²) in [6.07, 6.45) is 0. The quantitative estimate of drug-likeness (QED) is 0.891. The van der Waals surface area contributed by atoms with Gasteiger partial charge in [0.15, 0.2) is 0 Å². The van der Waals surface area contributed by atoms with E-state index in [9.17, 15) is 0 Å². The second kappa shape index (κ2) is 4.45. The molecule has 1 aromatic carbocycles. The lowest BCUT2D eigenvalue weighted by molar-refractivity contribution is 0.300. The summed E-state index contributed by atoms with van der Waals surface area (Å²) in [4.78, 5) is 0. The summed E-state index contributed by atoms with van der Waals surface area (Å²) in [5.74, 6) is 1.26. The maximum absolute atomic E-state index is 5.95.